The van der Waals surface area contributed by atoms with Crippen molar-refractivity contribution in [1.29, 1.82) is 0 Å². The van der Waals surface area contributed by atoms with Crippen LogP contribution >= 0.6 is 11.8 Å². The number of aromatic nitrogens is 3. The van der Waals surface area contributed by atoms with E-state index in [0.717, 1.165) is 28.6 Å². The Kier molecular flexibility index (Phi) is 3.75. The average Bonchev–Trinajstić information content (AvgIpc) is 2.72. The summed E-state index contributed by atoms with van der Waals surface area (Å²) in [6.07, 6.45) is 0. The number of nitrogens with zero attached hydrogens (tertiary/aromatic N) is 3. The van der Waals surface area contributed by atoms with Crippen LogP contribution in [0.5, 0.6) is 0 Å². The maximum Gasteiger partial charge on any atom is 0.313 e. The molecule has 0 atom stereocenters. The van der Waals surface area contributed by atoms with Crippen molar-refractivity contribution in [1.82, 2.24) is 14.8 Å². The lowest BCUT2D eigenvalue weighted by atomic mass is 10.1. The zero-order valence-electron chi connectivity index (χ0n) is 10.6. The van der Waals surface area contributed by atoms with Gasteiger partial charge in [0.05, 0.1) is 11.4 Å². The molecule has 0 amide bonds. The number of thioether (sulfide) groups is 1. The van der Waals surface area contributed by atoms with Gasteiger partial charge in [-0.25, -0.2) is 0 Å². The van der Waals surface area contributed by atoms with E-state index in [0.29, 0.717) is 5.16 Å². The highest BCUT2D eigenvalue weighted by Crippen LogP contribution is 2.26. The first-order chi connectivity index (χ1) is 9.00. The molecule has 2 rings (SSSR count). The van der Waals surface area contributed by atoms with Gasteiger partial charge in [0.25, 0.3) is 0 Å². The molecule has 2 aromatic rings. The summed E-state index contributed by atoms with van der Waals surface area (Å²) in [4.78, 5) is 10.6. The highest BCUT2D eigenvalue weighted by Gasteiger charge is 2.15. The van der Waals surface area contributed by atoms with E-state index in [4.69, 9.17) is 10.8 Å². The van der Waals surface area contributed by atoms with Crippen molar-refractivity contribution in [3.8, 4) is 5.69 Å². The number of carboxylic acid groups (broad SMARTS) is 1. The minimum atomic E-state index is -0.904. The topological polar surface area (TPSA) is 94.0 Å². The van der Waals surface area contributed by atoms with Crippen LogP contribution in [0.4, 0.5) is 5.95 Å². The SMILES string of the molecule is Cc1cccc(-n2c(N)nnc2SCC(=O)O)c1C. The van der Waals surface area contributed by atoms with Crippen LogP contribution in [0.1, 0.15) is 11.1 Å². The number of benzene rings is 1. The molecule has 0 unspecified atom stereocenters. The third-order valence-electron chi connectivity index (χ3n) is 2.80. The van der Waals surface area contributed by atoms with Gasteiger partial charge in [0.15, 0.2) is 5.16 Å². The lowest BCUT2D eigenvalue weighted by Crippen LogP contribution is -2.06. The Morgan fingerprint density at radius 3 is 2.84 bits per heavy atom. The normalized spacial score (nSPS) is 10.6. The maximum atomic E-state index is 10.6. The van der Waals surface area contributed by atoms with Crippen molar-refractivity contribution >= 4 is 23.7 Å². The fourth-order valence-electron chi connectivity index (χ4n) is 1.71. The Bertz CT molecular complexity index is 624. The molecule has 100 valence electrons. The summed E-state index contributed by atoms with van der Waals surface area (Å²) in [7, 11) is 0. The Balaban J connectivity index is 2.46. The second-order valence-corrected chi connectivity index (χ2v) is 5.02. The van der Waals surface area contributed by atoms with Crippen LogP contribution < -0.4 is 5.73 Å². The standard InChI is InChI=1S/C12H14N4O2S/c1-7-4-3-5-9(8(7)2)16-11(13)14-15-12(16)19-6-10(17)18/h3-5H,6H2,1-2H3,(H2,13,14)(H,17,18). The van der Waals surface area contributed by atoms with Crippen LogP contribution in [0.25, 0.3) is 5.69 Å². The monoisotopic (exact) mass is 278 g/mol. The van der Waals surface area contributed by atoms with Gasteiger partial charge in [-0.3, -0.25) is 9.36 Å². The number of rotatable bonds is 4. The molecular weight excluding hydrogens is 264 g/mol. The number of nitrogens with two attached hydrogens (primary N) is 1. The summed E-state index contributed by atoms with van der Waals surface area (Å²) < 4.78 is 1.68. The quantitative estimate of drug-likeness (QED) is 0.826. The van der Waals surface area contributed by atoms with Crippen molar-refractivity contribution in [2.75, 3.05) is 11.5 Å². The van der Waals surface area contributed by atoms with Crippen molar-refractivity contribution in [3.05, 3.63) is 29.3 Å². The van der Waals surface area contributed by atoms with Crippen LogP contribution in [0, 0.1) is 13.8 Å². The second-order valence-electron chi connectivity index (χ2n) is 4.08. The molecule has 1 aromatic heterocycles. The van der Waals surface area contributed by atoms with Crippen LogP contribution in [0.2, 0.25) is 0 Å². The molecule has 3 N–H and O–H groups in total. The molecule has 0 bridgehead atoms. The van der Waals surface area contributed by atoms with Gasteiger partial charge in [-0.1, -0.05) is 23.9 Å². The highest BCUT2D eigenvalue weighted by atomic mass is 32.2. The third-order valence-corrected chi connectivity index (χ3v) is 3.71. The summed E-state index contributed by atoms with van der Waals surface area (Å²) in [6, 6.07) is 5.83. The van der Waals surface area contributed by atoms with Crippen molar-refractivity contribution in [2.45, 2.75) is 19.0 Å². The van der Waals surface area contributed by atoms with E-state index in [1.807, 2.05) is 32.0 Å². The van der Waals surface area contributed by atoms with Gasteiger partial charge in [0.2, 0.25) is 5.95 Å². The number of nitrogen functional groups attached to an aromatic ring is 1. The molecule has 0 aliphatic carbocycles. The Morgan fingerprint density at radius 2 is 2.16 bits per heavy atom. The summed E-state index contributed by atoms with van der Waals surface area (Å²) in [6.45, 7) is 3.99. The molecular formula is C12H14N4O2S. The molecule has 0 fully saturated rings. The summed E-state index contributed by atoms with van der Waals surface area (Å²) in [5.74, 6) is -0.733. The van der Waals surface area contributed by atoms with Crippen molar-refractivity contribution in [2.24, 2.45) is 0 Å². The summed E-state index contributed by atoms with van der Waals surface area (Å²) in [5.41, 5.74) is 8.88. The fraction of sp³-hybridized carbons (Fsp3) is 0.250. The molecule has 19 heavy (non-hydrogen) atoms. The van der Waals surface area contributed by atoms with Gasteiger partial charge < -0.3 is 10.8 Å². The largest absolute Gasteiger partial charge is 0.481 e. The van der Waals surface area contributed by atoms with Crippen LogP contribution in [-0.2, 0) is 4.79 Å². The average molecular weight is 278 g/mol. The second kappa shape index (κ2) is 5.31. The minimum Gasteiger partial charge on any atom is -0.481 e. The van der Waals surface area contributed by atoms with E-state index in [1.54, 1.807) is 4.57 Å². The fourth-order valence-corrected chi connectivity index (χ4v) is 2.38. The van der Waals surface area contributed by atoms with E-state index in [2.05, 4.69) is 10.2 Å². The molecule has 1 heterocycles. The van der Waals surface area contributed by atoms with Gasteiger partial charge in [-0.15, -0.1) is 10.2 Å². The zero-order chi connectivity index (χ0) is 14.0. The third kappa shape index (κ3) is 2.70. The first-order valence-electron chi connectivity index (χ1n) is 5.62. The number of hydrogen-bond donors (Lipinski definition) is 2. The highest BCUT2D eigenvalue weighted by molar-refractivity contribution is 7.99. The Morgan fingerprint density at radius 1 is 1.42 bits per heavy atom. The maximum absolute atomic E-state index is 10.6. The molecule has 0 aliphatic rings. The number of carbonyl (C=O) groups is 1. The van der Waals surface area contributed by atoms with Crippen molar-refractivity contribution < 1.29 is 9.90 Å². The minimum absolute atomic E-state index is 0.0804. The van der Waals surface area contributed by atoms with Crippen molar-refractivity contribution in [3.63, 3.8) is 0 Å². The predicted molar refractivity (Wildman–Crippen MR) is 73.6 cm³/mol. The summed E-state index contributed by atoms with van der Waals surface area (Å²) in [5, 5.41) is 17.0. The predicted octanol–water partition coefficient (Wildman–Crippen LogP) is 1.64. The molecule has 0 radical (unpaired) electrons. The Hall–Kier alpha value is -2.02. The number of carboxylic acids is 1. The lowest BCUT2D eigenvalue weighted by Gasteiger charge is -2.12. The van der Waals surface area contributed by atoms with E-state index >= 15 is 0 Å². The van der Waals surface area contributed by atoms with Crippen LogP contribution in [-0.4, -0.2) is 31.6 Å². The van der Waals surface area contributed by atoms with E-state index < -0.39 is 5.97 Å². The van der Waals surface area contributed by atoms with E-state index in [-0.39, 0.29) is 11.7 Å². The smallest absolute Gasteiger partial charge is 0.313 e. The molecule has 7 heteroatoms. The number of anilines is 1. The van der Waals surface area contributed by atoms with E-state index in [9.17, 15) is 4.79 Å². The van der Waals surface area contributed by atoms with Gasteiger partial charge in [0, 0.05) is 0 Å². The van der Waals surface area contributed by atoms with E-state index in [1.165, 1.54) is 0 Å². The Labute approximate surface area is 114 Å². The first kappa shape index (κ1) is 13.4. The molecule has 0 aliphatic heterocycles. The van der Waals surface area contributed by atoms with Gasteiger partial charge in [-0.05, 0) is 31.0 Å². The zero-order valence-corrected chi connectivity index (χ0v) is 11.4. The van der Waals surface area contributed by atoms with Gasteiger partial charge in [-0.2, -0.15) is 0 Å². The number of aliphatic carboxylic acids is 1. The molecule has 6 nitrogen and oxygen atoms in total. The molecule has 0 saturated carbocycles. The van der Waals surface area contributed by atoms with Crippen LogP contribution in [0.15, 0.2) is 23.4 Å². The molecule has 1 aromatic carbocycles. The summed E-state index contributed by atoms with van der Waals surface area (Å²) >= 11 is 1.10. The van der Waals surface area contributed by atoms with Gasteiger partial charge >= 0.3 is 5.97 Å². The van der Waals surface area contributed by atoms with Crippen LogP contribution in [0.3, 0.4) is 0 Å². The molecule has 0 saturated heterocycles. The van der Waals surface area contributed by atoms with Gasteiger partial charge in [0.1, 0.15) is 0 Å². The lowest BCUT2D eigenvalue weighted by molar-refractivity contribution is -0.133. The molecule has 0 spiro atoms. The number of hydrogen-bond acceptors (Lipinski definition) is 5. The first-order valence-corrected chi connectivity index (χ1v) is 6.61. The number of aryl methyl sites for hydroxylation is 1.